The molecule has 0 saturated carbocycles. The molecule has 0 heterocycles. The molecule has 13 heavy (non-hydrogen) atoms. The Labute approximate surface area is 85.3 Å². The van der Waals surface area contributed by atoms with Crippen LogP contribution in [0, 0.1) is 0 Å². The first-order valence-corrected chi connectivity index (χ1v) is 4.94. The molecule has 0 bridgehead atoms. The first kappa shape index (κ1) is 10.6. The van der Waals surface area contributed by atoms with Crippen molar-refractivity contribution in [1.29, 1.82) is 0 Å². The molecule has 0 aromatic heterocycles. The van der Waals surface area contributed by atoms with Crippen LogP contribution in [0.5, 0.6) is 0 Å². The number of nitrogens with zero attached hydrogens (tertiary/aromatic N) is 1. The van der Waals surface area contributed by atoms with Crippen molar-refractivity contribution in [1.82, 2.24) is 4.90 Å². The molecule has 0 radical (unpaired) electrons. The van der Waals surface area contributed by atoms with Crippen molar-refractivity contribution in [2.45, 2.75) is 19.4 Å². The predicted octanol–water partition coefficient (Wildman–Crippen LogP) is 3.35. The van der Waals surface area contributed by atoms with Gasteiger partial charge in [-0.1, -0.05) is 30.7 Å². The fourth-order valence-corrected chi connectivity index (χ4v) is 1.81. The standard InChI is InChI=1S/C11H16ClN/c1-4-11(13(2)3)9-6-5-7-10(12)8-9/h5-8,11H,4H2,1-3H3. The molecule has 72 valence electrons. The highest BCUT2D eigenvalue weighted by atomic mass is 35.5. The van der Waals surface area contributed by atoms with Gasteiger partial charge in [0.05, 0.1) is 0 Å². The lowest BCUT2D eigenvalue weighted by Crippen LogP contribution is -2.18. The van der Waals surface area contributed by atoms with E-state index in [2.05, 4.69) is 32.0 Å². The van der Waals surface area contributed by atoms with E-state index < -0.39 is 0 Å². The van der Waals surface area contributed by atoms with Gasteiger partial charge in [0.2, 0.25) is 0 Å². The minimum absolute atomic E-state index is 0.471. The Kier molecular flexibility index (Phi) is 3.76. The first-order valence-electron chi connectivity index (χ1n) is 4.57. The zero-order valence-corrected chi connectivity index (χ0v) is 9.17. The lowest BCUT2D eigenvalue weighted by molar-refractivity contribution is 0.292. The van der Waals surface area contributed by atoms with Crippen molar-refractivity contribution in [2.75, 3.05) is 14.1 Å². The summed E-state index contributed by atoms with van der Waals surface area (Å²) >= 11 is 5.93. The predicted molar refractivity (Wildman–Crippen MR) is 58.2 cm³/mol. The average molecular weight is 198 g/mol. The van der Waals surface area contributed by atoms with Crippen molar-refractivity contribution in [3.05, 3.63) is 34.9 Å². The molecule has 1 nitrogen and oxygen atoms in total. The Morgan fingerprint density at radius 2 is 2.08 bits per heavy atom. The topological polar surface area (TPSA) is 3.24 Å². The summed E-state index contributed by atoms with van der Waals surface area (Å²) in [5.41, 5.74) is 1.29. The van der Waals surface area contributed by atoms with Crippen LogP contribution in [0.3, 0.4) is 0 Å². The van der Waals surface area contributed by atoms with Crippen LogP contribution >= 0.6 is 11.6 Å². The quantitative estimate of drug-likeness (QED) is 0.719. The van der Waals surface area contributed by atoms with Gasteiger partial charge in [0.15, 0.2) is 0 Å². The van der Waals surface area contributed by atoms with Gasteiger partial charge in [-0.05, 0) is 38.2 Å². The van der Waals surface area contributed by atoms with Crippen molar-refractivity contribution in [2.24, 2.45) is 0 Å². The number of halogens is 1. The molecule has 1 unspecified atom stereocenters. The molecular formula is C11H16ClN. The van der Waals surface area contributed by atoms with Gasteiger partial charge in [0.1, 0.15) is 0 Å². The molecule has 1 atom stereocenters. The molecule has 0 aliphatic rings. The van der Waals surface area contributed by atoms with E-state index in [1.807, 2.05) is 18.2 Å². The SMILES string of the molecule is CCC(c1cccc(Cl)c1)N(C)C. The molecule has 1 aromatic rings. The summed E-state index contributed by atoms with van der Waals surface area (Å²) in [6.07, 6.45) is 1.10. The van der Waals surface area contributed by atoms with Crippen LogP contribution in [-0.2, 0) is 0 Å². The smallest absolute Gasteiger partial charge is 0.0409 e. The molecule has 0 saturated heterocycles. The Balaban J connectivity index is 2.91. The summed E-state index contributed by atoms with van der Waals surface area (Å²) in [6, 6.07) is 8.55. The average Bonchev–Trinajstić information content (AvgIpc) is 2.04. The number of benzene rings is 1. The van der Waals surface area contributed by atoms with E-state index in [9.17, 15) is 0 Å². The molecule has 0 fully saturated rings. The third-order valence-corrected chi connectivity index (χ3v) is 2.48. The molecule has 0 aliphatic carbocycles. The van der Waals surface area contributed by atoms with Crippen LogP contribution in [0.4, 0.5) is 0 Å². The second-order valence-electron chi connectivity index (χ2n) is 3.44. The summed E-state index contributed by atoms with van der Waals surface area (Å²) in [6.45, 7) is 2.19. The Hall–Kier alpha value is -0.530. The van der Waals surface area contributed by atoms with E-state index in [-0.39, 0.29) is 0 Å². The largest absolute Gasteiger partial charge is 0.302 e. The molecule has 0 amide bonds. The van der Waals surface area contributed by atoms with Crippen molar-refractivity contribution in [3.63, 3.8) is 0 Å². The molecule has 0 N–H and O–H groups in total. The molecule has 0 aliphatic heterocycles. The lowest BCUT2D eigenvalue weighted by atomic mass is 10.0. The summed E-state index contributed by atoms with van der Waals surface area (Å²) < 4.78 is 0. The highest BCUT2D eigenvalue weighted by Crippen LogP contribution is 2.23. The zero-order chi connectivity index (χ0) is 9.84. The van der Waals surface area contributed by atoms with Gasteiger partial charge in [-0.25, -0.2) is 0 Å². The van der Waals surface area contributed by atoms with E-state index in [0.29, 0.717) is 6.04 Å². The Morgan fingerprint density at radius 3 is 2.54 bits per heavy atom. The molecule has 2 heteroatoms. The van der Waals surface area contributed by atoms with Crippen LogP contribution in [-0.4, -0.2) is 19.0 Å². The van der Waals surface area contributed by atoms with Crippen LogP contribution in [0.25, 0.3) is 0 Å². The van der Waals surface area contributed by atoms with Crippen LogP contribution < -0.4 is 0 Å². The molecule has 0 spiro atoms. The summed E-state index contributed by atoms with van der Waals surface area (Å²) in [4.78, 5) is 2.21. The maximum Gasteiger partial charge on any atom is 0.0409 e. The van der Waals surface area contributed by atoms with Gasteiger partial charge in [0, 0.05) is 11.1 Å². The molecule has 1 rings (SSSR count). The number of rotatable bonds is 3. The van der Waals surface area contributed by atoms with Crippen molar-refractivity contribution >= 4 is 11.6 Å². The highest BCUT2D eigenvalue weighted by molar-refractivity contribution is 6.30. The monoisotopic (exact) mass is 197 g/mol. The van der Waals surface area contributed by atoms with Crippen LogP contribution in [0.15, 0.2) is 24.3 Å². The van der Waals surface area contributed by atoms with E-state index in [4.69, 9.17) is 11.6 Å². The lowest BCUT2D eigenvalue weighted by Gasteiger charge is -2.23. The molecular weight excluding hydrogens is 182 g/mol. The Bertz CT molecular complexity index is 271. The van der Waals surface area contributed by atoms with E-state index in [0.717, 1.165) is 11.4 Å². The van der Waals surface area contributed by atoms with Gasteiger partial charge in [-0.3, -0.25) is 0 Å². The maximum absolute atomic E-state index is 5.93. The van der Waals surface area contributed by atoms with Gasteiger partial charge >= 0.3 is 0 Å². The third kappa shape index (κ3) is 2.71. The third-order valence-electron chi connectivity index (χ3n) is 2.24. The number of hydrogen-bond acceptors (Lipinski definition) is 1. The fourth-order valence-electron chi connectivity index (χ4n) is 1.61. The van der Waals surface area contributed by atoms with Gasteiger partial charge in [-0.15, -0.1) is 0 Å². The van der Waals surface area contributed by atoms with Gasteiger partial charge in [-0.2, -0.15) is 0 Å². The summed E-state index contributed by atoms with van der Waals surface area (Å²) in [5, 5.41) is 0.817. The second-order valence-corrected chi connectivity index (χ2v) is 3.88. The van der Waals surface area contributed by atoms with E-state index in [1.165, 1.54) is 5.56 Å². The van der Waals surface area contributed by atoms with E-state index in [1.54, 1.807) is 0 Å². The fraction of sp³-hybridized carbons (Fsp3) is 0.455. The van der Waals surface area contributed by atoms with Gasteiger partial charge in [0.25, 0.3) is 0 Å². The van der Waals surface area contributed by atoms with Crippen LogP contribution in [0.1, 0.15) is 24.9 Å². The van der Waals surface area contributed by atoms with Crippen LogP contribution in [0.2, 0.25) is 5.02 Å². The zero-order valence-electron chi connectivity index (χ0n) is 8.42. The van der Waals surface area contributed by atoms with Crippen molar-refractivity contribution in [3.8, 4) is 0 Å². The normalized spacial score (nSPS) is 13.3. The molecule has 1 aromatic carbocycles. The maximum atomic E-state index is 5.93. The minimum atomic E-state index is 0.471. The van der Waals surface area contributed by atoms with E-state index >= 15 is 0 Å². The van der Waals surface area contributed by atoms with Crippen molar-refractivity contribution < 1.29 is 0 Å². The summed E-state index contributed by atoms with van der Waals surface area (Å²) in [7, 11) is 4.18. The minimum Gasteiger partial charge on any atom is -0.302 e. The second kappa shape index (κ2) is 4.64. The summed E-state index contributed by atoms with van der Waals surface area (Å²) in [5.74, 6) is 0. The Morgan fingerprint density at radius 1 is 1.38 bits per heavy atom. The first-order chi connectivity index (χ1) is 6.15. The van der Waals surface area contributed by atoms with Gasteiger partial charge < -0.3 is 4.90 Å². The highest BCUT2D eigenvalue weighted by Gasteiger charge is 2.10. The number of hydrogen-bond donors (Lipinski definition) is 0.